The molecule has 4 fully saturated rings. The summed E-state index contributed by atoms with van der Waals surface area (Å²) in [5.74, 6) is -0.0661. The summed E-state index contributed by atoms with van der Waals surface area (Å²) in [6.07, 6.45) is -0.462. The third-order valence-corrected chi connectivity index (χ3v) is 13.0. The summed E-state index contributed by atoms with van der Waals surface area (Å²) < 4.78 is 39.8. The molecule has 8 heterocycles. The van der Waals surface area contributed by atoms with Gasteiger partial charge in [-0.25, -0.2) is 9.36 Å². The number of aliphatic hydroxyl groups excluding tert-OH is 1. The van der Waals surface area contributed by atoms with E-state index in [-0.39, 0.29) is 39.6 Å². The highest BCUT2D eigenvalue weighted by atomic mass is 35.5. The molecule has 4 aromatic heterocycles. The molecule has 10 rings (SSSR count). The number of benzene rings is 2. The standard InChI is InChI=1S/C22H23Cl2N5O4S.C20H21Cl2N5O4.C2H4OS/c1-11(30)34-10-15-16-17(33-22(2,3)32-16)20(31-15)29-19-13(9-26-29)18(27-21(24)28-19)25-8-12-6-4-5-7-14(12)23;1-20(2)30-14-13(9-28)29-18(15(14)31-20)27-17-11(8-24-27)16(25-19(22)26-17)23-7-10-5-3-4-6-12(10)21;1-2(3)4/h4-7,9,15-17,20H,8,10H2,1-3H3,(H,25,27,28);3-6,8,13-15,18,28H,7,9H2,1-2H3,(H,23,25,26);1H3,(H,3,4)/t15-,16-,17-,20-;13-,14-,15-,18-;/m11./s1. The van der Waals surface area contributed by atoms with Gasteiger partial charge in [-0.1, -0.05) is 71.4 Å². The van der Waals surface area contributed by atoms with Crippen molar-refractivity contribution >= 4 is 115 Å². The normalized spacial score (nSPS) is 25.1. The van der Waals surface area contributed by atoms with Gasteiger partial charge in [0, 0.05) is 42.7 Å². The maximum absolute atomic E-state index is 11.5. The first-order chi connectivity index (χ1) is 32.8. The van der Waals surface area contributed by atoms with Crippen molar-refractivity contribution in [1.82, 2.24) is 39.5 Å². The van der Waals surface area contributed by atoms with Crippen molar-refractivity contribution < 1.29 is 43.1 Å². The van der Waals surface area contributed by atoms with E-state index in [0.29, 0.717) is 62.6 Å². The number of aromatic nitrogens is 8. The second kappa shape index (κ2) is 21.4. The Morgan fingerprint density at radius 2 is 1.09 bits per heavy atom. The molecule has 0 radical (unpaired) electrons. The van der Waals surface area contributed by atoms with Crippen molar-refractivity contribution in [2.45, 2.75) is 115 Å². The third-order valence-electron chi connectivity index (χ3n) is 11.0. The van der Waals surface area contributed by atoms with Crippen LogP contribution in [0.15, 0.2) is 60.9 Å². The zero-order valence-electron chi connectivity index (χ0n) is 37.9. The van der Waals surface area contributed by atoms with Crippen LogP contribution in [-0.4, -0.2) is 115 Å². The van der Waals surface area contributed by atoms with Crippen LogP contribution in [0.25, 0.3) is 22.1 Å². The van der Waals surface area contributed by atoms with E-state index in [0.717, 1.165) is 11.1 Å². The van der Waals surface area contributed by atoms with Gasteiger partial charge in [-0.3, -0.25) is 9.59 Å². The molecular weight excluding hydrogens is 1020 g/mol. The molecule has 4 saturated heterocycles. The summed E-state index contributed by atoms with van der Waals surface area (Å²) in [7, 11) is 0. The molecule has 8 atom stereocenters. The molecule has 0 unspecified atom stereocenters. The van der Waals surface area contributed by atoms with Crippen LogP contribution >= 0.6 is 70.8 Å². The van der Waals surface area contributed by atoms with Crippen molar-refractivity contribution in [3.05, 3.63) is 92.7 Å². The monoisotopic (exact) mass is 1060 g/mol. The summed E-state index contributed by atoms with van der Waals surface area (Å²) in [5, 5.41) is 28.0. The Morgan fingerprint density at radius 3 is 1.51 bits per heavy atom. The number of thioether (sulfide) groups is 1. The quantitative estimate of drug-likeness (QED) is 0.0712. The van der Waals surface area contributed by atoms with Crippen LogP contribution < -0.4 is 10.6 Å². The Morgan fingerprint density at radius 1 is 0.681 bits per heavy atom. The summed E-state index contributed by atoms with van der Waals surface area (Å²) >= 11 is 29.6. The number of nitrogens with one attached hydrogen (secondary N) is 2. The highest BCUT2D eigenvalue weighted by Crippen LogP contribution is 2.46. The molecule has 4 aliphatic rings. The molecule has 0 spiro atoms. The number of hydrogen-bond acceptors (Lipinski definition) is 18. The molecule has 0 saturated carbocycles. The predicted octanol–water partition coefficient (Wildman–Crippen LogP) is 8.06. The van der Waals surface area contributed by atoms with Crippen molar-refractivity contribution in [1.29, 1.82) is 0 Å². The molecule has 0 bridgehead atoms. The molecule has 2 aromatic carbocycles. The summed E-state index contributed by atoms with van der Waals surface area (Å²) in [6, 6.07) is 15.1. The topological polar surface area (TPSA) is 221 Å². The lowest BCUT2D eigenvalue weighted by molar-refractivity contribution is -0.201. The Balaban J connectivity index is 0.000000173. The van der Waals surface area contributed by atoms with Crippen LogP contribution in [0.2, 0.25) is 20.6 Å². The number of halogens is 4. The smallest absolute Gasteiger partial charge is 0.226 e. The minimum absolute atomic E-state index is 0.0140. The molecular formula is C44H48Cl4N10O9S2. The van der Waals surface area contributed by atoms with Gasteiger partial charge in [-0.2, -0.15) is 30.1 Å². The SMILES string of the molecule is CC(=O)S.CC(=O)SC[C@H]1O[C@@H](n2ncc3c(NCc4ccccc4Cl)nc(Cl)nc32)[C@@H]2OC(C)(C)O[C@@H]21.CC1(C)O[C@@H]2[C@H](O1)[C@@H](CO)O[C@H]2n1ncc2c(NCc3ccccc3Cl)nc(Cl)nc21. The predicted molar refractivity (Wildman–Crippen MR) is 264 cm³/mol. The number of rotatable bonds is 11. The molecule has 3 N–H and O–H groups in total. The minimum Gasteiger partial charge on any atom is -0.394 e. The molecule has 19 nitrogen and oxygen atoms in total. The maximum Gasteiger partial charge on any atom is 0.226 e. The second-order valence-corrected chi connectivity index (χ2v) is 20.3. The van der Waals surface area contributed by atoms with E-state index < -0.39 is 48.4 Å². The van der Waals surface area contributed by atoms with Crippen molar-refractivity contribution in [3.8, 4) is 0 Å². The number of ether oxygens (including phenoxy) is 6. The molecule has 0 amide bonds. The molecule has 69 heavy (non-hydrogen) atoms. The maximum atomic E-state index is 11.5. The van der Waals surface area contributed by atoms with Crippen molar-refractivity contribution in [2.75, 3.05) is 23.0 Å². The lowest BCUT2D eigenvalue weighted by Crippen LogP contribution is -2.31. The van der Waals surface area contributed by atoms with Crippen LogP contribution in [0.5, 0.6) is 0 Å². The summed E-state index contributed by atoms with van der Waals surface area (Å²) in [4.78, 5) is 38.3. The number of carbonyl (C=O) groups excluding carboxylic acids is 2. The van der Waals surface area contributed by atoms with Crippen LogP contribution in [0, 0.1) is 0 Å². The van der Waals surface area contributed by atoms with E-state index in [1.807, 2.05) is 76.2 Å². The highest BCUT2D eigenvalue weighted by Gasteiger charge is 2.57. The van der Waals surface area contributed by atoms with Crippen LogP contribution in [0.3, 0.4) is 0 Å². The number of fused-ring (bicyclic) bond motifs is 4. The van der Waals surface area contributed by atoms with Crippen molar-refractivity contribution in [2.24, 2.45) is 0 Å². The highest BCUT2D eigenvalue weighted by molar-refractivity contribution is 8.13. The van der Waals surface area contributed by atoms with E-state index in [2.05, 4.69) is 53.4 Å². The van der Waals surface area contributed by atoms with Crippen LogP contribution in [0.4, 0.5) is 11.6 Å². The van der Waals surface area contributed by atoms with Crippen LogP contribution in [0.1, 0.15) is 65.1 Å². The van der Waals surface area contributed by atoms with Gasteiger partial charge in [0.15, 0.2) is 45.6 Å². The second-order valence-electron chi connectivity index (χ2n) is 17.0. The first kappa shape index (κ1) is 51.4. The first-order valence-corrected chi connectivity index (χ1v) is 24.5. The Kier molecular flexibility index (Phi) is 16.0. The molecule has 0 aliphatic carbocycles. The Labute approximate surface area is 425 Å². The number of hydrogen-bond donors (Lipinski definition) is 4. The number of aliphatic hydroxyl groups is 1. The van der Waals surface area contributed by atoms with Crippen molar-refractivity contribution in [3.63, 3.8) is 0 Å². The average Bonchev–Trinajstić information content (AvgIpc) is 4.13. The van der Waals surface area contributed by atoms with E-state index in [1.165, 1.54) is 25.6 Å². The molecule has 4 aliphatic heterocycles. The molecule has 6 aromatic rings. The fourth-order valence-corrected chi connectivity index (χ4v) is 9.68. The van der Waals surface area contributed by atoms with E-state index >= 15 is 0 Å². The van der Waals surface area contributed by atoms with Gasteiger partial charge in [0.1, 0.15) is 42.2 Å². The number of carbonyl (C=O) groups is 2. The Hall–Kier alpha value is -3.94. The fourth-order valence-electron chi connectivity index (χ4n) is 8.27. The largest absolute Gasteiger partial charge is 0.394 e. The molecule has 25 heteroatoms. The van der Waals surface area contributed by atoms with E-state index in [9.17, 15) is 14.7 Å². The van der Waals surface area contributed by atoms with Gasteiger partial charge in [0.2, 0.25) is 10.6 Å². The van der Waals surface area contributed by atoms with Gasteiger partial charge >= 0.3 is 0 Å². The average molecular weight is 1070 g/mol. The number of anilines is 2. The number of thiol groups is 1. The van der Waals surface area contributed by atoms with Gasteiger partial charge in [-0.15, -0.1) is 12.6 Å². The lowest BCUT2D eigenvalue weighted by Gasteiger charge is -2.24. The van der Waals surface area contributed by atoms with Crippen LogP contribution in [-0.2, 0) is 51.1 Å². The zero-order valence-corrected chi connectivity index (χ0v) is 42.6. The molecule has 368 valence electrons. The number of nitrogens with zero attached hydrogens (tertiary/aromatic N) is 8. The van der Waals surface area contributed by atoms with Gasteiger partial charge in [-0.05, 0) is 74.2 Å². The van der Waals surface area contributed by atoms with E-state index in [1.54, 1.807) is 21.8 Å². The first-order valence-electron chi connectivity index (χ1n) is 21.5. The van der Waals surface area contributed by atoms with Gasteiger partial charge in [0.05, 0.1) is 35.9 Å². The lowest BCUT2D eigenvalue weighted by atomic mass is 10.1. The third kappa shape index (κ3) is 11.7. The van der Waals surface area contributed by atoms with Gasteiger partial charge in [0.25, 0.3) is 0 Å². The minimum atomic E-state index is -0.790. The zero-order chi connectivity index (χ0) is 49.4. The van der Waals surface area contributed by atoms with E-state index in [4.69, 9.17) is 74.8 Å². The Bertz CT molecular complexity index is 2840. The summed E-state index contributed by atoms with van der Waals surface area (Å²) in [6.45, 7) is 11.0. The fraction of sp³-hybridized carbons (Fsp3) is 0.455. The van der Waals surface area contributed by atoms with Gasteiger partial charge < -0.3 is 44.2 Å². The summed E-state index contributed by atoms with van der Waals surface area (Å²) in [5.41, 5.74) is 2.83.